The monoisotopic (exact) mass is 1880 g/mol. The third kappa shape index (κ3) is 14.7. The van der Waals surface area contributed by atoms with E-state index in [9.17, 15) is 0 Å². The molecule has 9 heteroatoms. The van der Waals surface area contributed by atoms with Gasteiger partial charge in [0, 0.05) is 83.4 Å². The molecule has 6 nitrogen and oxygen atoms in total. The molecule has 672 valence electrons. The van der Waals surface area contributed by atoms with Crippen molar-refractivity contribution in [1.29, 1.82) is 0 Å². The molecule has 0 saturated heterocycles. The quantitative estimate of drug-likeness (QED) is 0.0956. The SMILES string of the molecule is c1ccc(-c2ccc(N(c3ccc4c(ccc5ccccc54)c3)c3cccc4c3sc3c5ccccc5n(-c5ccccc5)c43)cc2)cc1.c1ccc(-c2ccccc2N(c2ccc(-c3ccc4ccccc4c3)cc2)c2cccc3c2sc2c4ccccc4n(-c4ccccc4)c32)cc1.c1ccc(N(c2ccc3c(ccc4ccccc43)c2)c2cccc3c2sc2c4ccccc4n(-c4ccccc4)c32)cc1. The van der Waals surface area contributed by atoms with Crippen molar-refractivity contribution in [3.8, 4) is 50.4 Å². The molecule has 6 aromatic heterocycles. The zero-order valence-electron chi connectivity index (χ0n) is 77.7. The minimum Gasteiger partial charge on any atom is -0.309 e. The summed E-state index contributed by atoms with van der Waals surface area (Å²) in [6, 6.07) is 193. The molecule has 29 rings (SSSR count). The molecule has 0 N–H and O–H groups in total. The molecule has 0 aliphatic carbocycles. The van der Waals surface area contributed by atoms with E-state index in [1.54, 1.807) is 0 Å². The van der Waals surface area contributed by atoms with Crippen molar-refractivity contribution in [3.63, 3.8) is 0 Å². The van der Waals surface area contributed by atoms with Crippen molar-refractivity contribution in [3.05, 3.63) is 534 Å². The van der Waals surface area contributed by atoms with Gasteiger partial charge in [0.2, 0.25) is 0 Å². The highest BCUT2D eigenvalue weighted by Gasteiger charge is 2.29. The molecule has 6 heterocycles. The Kier molecular flexibility index (Phi) is 21.1. The first-order valence-corrected chi connectivity index (χ1v) is 51.1. The molecule has 0 bridgehead atoms. The van der Waals surface area contributed by atoms with Crippen molar-refractivity contribution in [2.45, 2.75) is 0 Å². The van der Waals surface area contributed by atoms with E-state index in [2.05, 4.69) is 562 Å². The van der Waals surface area contributed by atoms with Gasteiger partial charge < -0.3 is 28.4 Å². The Hall–Kier alpha value is -18.0. The largest absolute Gasteiger partial charge is 0.309 e. The van der Waals surface area contributed by atoms with Crippen molar-refractivity contribution in [2.75, 3.05) is 14.7 Å². The summed E-state index contributed by atoms with van der Waals surface area (Å²) in [6.07, 6.45) is 0. The van der Waals surface area contributed by atoms with E-state index in [0.29, 0.717) is 0 Å². The van der Waals surface area contributed by atoms with Crippen LogP contribution in [0.4, 0.5) is 51.2 Å². The number of hydrogen-bond acceptors (Lipinski definition) is 6. The number of rotatable bonds is 15. The Labute approximate surface area is 838 Å². The number of hydrogen-bond donors (Lipinski definition) is 0. The summed E-state index contributed by atoms with van der Waals surface area (Å²) < 4.78 is 15.1. The van der Waals surface area contributed by atoms with Crippen molar-refractivity contribution in [1.82, 2.24) is 13.7 Å². The molecule has 143 heavy (non-hydrogen) atoms. The summed E-state index contributed by atoms with van der Waals surface area (Å²) in [5, 5.41) is 20.2. The summed E-state index contributed by atoms with van der Waals surface area (Å²) >= 11 is 5.68. The van der Waals surface area contributed by atoms with Crippen LogP contribution < -0.4 is 14.7 Å². The van der Waals surface area contributed by atoms with Crippen molar-refractivity contribution >= 4 is 233 Å². The minimum absolute atomic E-state index is 1.12. The van der Waals surface area contributed by atoms with Gasteiger partial charge in [-0.05, 0) is 227 Å². The number of benzene rings is 23. The molecule has 0 saturated carbocycles. The lowest BCUT2D eigenvalue weighted by molar-refractivity contribution is 1.19. The van der Waals surface area contributed by atoms with E-state index in [1.807, 2.05) is 34.0 Å². The van der Waals surface area contributed by atoms with E-state index in [4.69, 9.17) is 0 Å². The van der Waals surface area contributed by atoms with Crippen LogP contribution in [-0.2, 0) is 0 Å². The van der Waals surface area contributed by atoms with Crippen molar-refractivity contribution in [2.24, 2.45) is 0 Å². The van der Waals surface area contributed by atoms with Gasteiger partial charge in [-0.2, -0.15) is 0 Å². The lowest BCUT2D eigenvalue weighted by Gasteiger charge is -2.28. The van der Waals surface area contributed by atoms with Crippen LogP contribution in [0.15, 0.2) is 534 Å². The van der Waals surface area contributed by atoms with Crippen LogP contribution in [0.5, 0.6) is 0 Å². The Morgan fingerprint density at radius 3 is 0.881 bits per heavy atom. The van der Waals surface area contributed by atoms with Gasteiger partial charge in [0.25, 0.3) is 0 Å². The molecule has 0 fully saturated rings. The molecule has 23 aromatic carbocycles. The molecule has 29 aromatic rings. The Morgan fingerprint density at radius 2 is 0.434 bits per heavy atom. The van der Waals surface area contributed by atoms with Gasteiger partial charge in [-0.15, -0.1) is 34.0 Å². The number of fused-ring (bicyclic) bond motifs is 22. The molecule has 0 aliphatic heterocycles. The second-order valence-corrected chi connectivity index (χ2v) is 39.6. The smallest absolute Gasteiger partial charge is 0.0728 e. The molecule has 0 radical (unpaired) electrons. The van der Waals surface area contributed by atoms with Gasteiger partial charge in [-0.1, -0.05) is 388 Å². The molecule has 0 spiro atoms. The normalized spacial score (nSPS) is 11.6. The maximum absolute atomic E-state index is 2.46. The van der Waals surface area contributed by atoms with E-state index in [-0.39, 0.29) is 0 Å². The van der Waals surface area contributed by atoms with Crippen LogP contribution in [0.2, 0.25) is 0 Å². The molecule has 0 aliphatic rings. The number of nitrogens with zero attached hydrogens (tertiary/aromatic N) is 6. The van der Waals surface area contributed by atoms with Crippen LogP contribution >= 0.6 is 34.0 Å². The van der Waals surface area contributed by atoms with Gasteiger partial charge in [0.1, 0.15) is 0 Å². The summed E-state index contributed by atoms with van der Waals surface area (Å²) in [6.45, 7) is 0. The van der Waals surface area contributed by atoms with Crippen LogP contribution in [0.3, 0.4) is 0 Å². The summed E-state index contributed by atoms with van der Waals surface area (Å²) in [5.41, 5.74) is 28.6. The molecular weight excluding hydrogens is 1790 g/mol. The molecule has 0 amide bonds. The fraction of sp³-hybridized carbons (Fsp3) is 0. The van der Waals surface area contributed by atoms with E-state index >= 15 is 0 Å². The first-order valence-electron chi connectivity index (χ1n) is 48.7. The maximum atomic E-state index is 2.46. The van der Waals surface area contributed by atoms with Crippen LogP contribution in [0.25, 0.3) is 198 Å². The zero-order valence-corrected chi connectivity index (χ0v) is 80.2. The van der Waals surface area contributed by atoms with Crippen LogP contribution in [0.1, 0.15) is 0 Å². The zero-order chi connectivity index (χ0) is 94.4. The van der Waals surface area contributed by atoms with Gasteiger partial charge in [0.05, 0.1) is 84.0 Å². The lowest BCUT2D eigenvalue weighted by atomic mass is 9.99. The minimum atomic E-state index is 1.12. The van der Waals surface area contributed by atoms with Crippen LogP contribution in [-0.4, -0.2) is 13.7 Å². The average molecular weight is 1880 g/mol. The first kappa shape index (κ1) is 84.3. The van der Waals surface area contributed by atoms with E-state index < -0.39 is 0 Å². The van der Waals surface area contributed by atoms with Gasteiger partial charge >= 0.3 is 0 Å². The van der Waals surface area contributed by atoms with E-state index in [0.717, 1.165) is 34.1 Å². The number of thiophene rings is 3. The third-order valence-electron chi connectivity index (χ3n) is 28.3. The Morgan fingerprint density at radius 1 is 0.147 bits per heavy atom. The van der Waals surface area contributed by atoms with Crippen LogP contribution in [0, 0.1) is 0 Å². The predicted molar refractivity (Wildman–Crippen MR) is 616 cm³/mol. The second-order valence-electron chi connectivity index (χ2n) is 36.5. The Balaban J connectivity index is 0.000000107. The second kappa shape index (κ2) is 35.8. The van der Waals surface area contributed by atoms with Crippen molar-refractivity contribution < 1.29 is 0 Å². The summed E-state index contributed by atoms with van der Waals surface area (Å²) in [7, 11) is 0. The average Bonchev–Trinajstić information content (AvgIpc) is 1.56. The van der Waals surface area contributed by atoms with Gasteiger partial charge in [-0.3, -0.25) is 0 Å². The molecule has 0 atom stereocenters. The fourth-order valence-corrected chi connectivity index (χ4v) is 25.7. The predicted octanol–water partition coefficient (Wildman–Crippen LogP) is 39.2. The highest BCUT2D eigenvalue weighted by molar-refractivity contribution is 7.28. The van der Waals surface area contributed by atoms with Gasteiger partial charge in [0.15, 0.2) is 0 Å². The standard InChI is InChI=1S/C48H32N2S.C46H30N2S.C40H26N2S/c1-3-15-35(16-4-1)40-20-9-11-23-43(40)49(39-30-28-34(29-31-39)37-27-26-33-14-7-8-17-36(33)32-37)45-25-13-22-42-46-48(51-47(42)45)41-21-10-12-24-44(41)50(46)38-18-5-2-6-19-38;1-3-12-31(13-4-1)32-24-26-36(27-25-32)47(37-28-29-39-34(30-37)23-22-33-14-7-8-17-38(33)39)43-21-11-19-41-44-46(49-45(41)43)40-18-9-10-20-42(40)48(44)35-15-5-2-6-16-35;1-3-13-29(14-4-1)41(31-24-25-33-28(26-31)23-22-27-12-7-8-17-32(27)33)37-21-11-19-35-38-40(43-39(35)37)34-18-9-10-20-36(34)42(38)30-15-5-2-6-16-30/h1-32H;1-30H;1-26H. The topological polar surface area (TPSA) is 24.5 Å². The highest BCUT2D eigenvalue weighted by atomic mass is 32.1. The number of para-hydroxylation sites is 8. The fourth-order valence-electron chi connectivity index (χ4n) is 21.7. The first-order chi connectivity index (χ1) is 71.0. The Bertz CT molecular complexity index is 9920. The summed E-state index contributed by atoms with van der Waals surface area (Å²) in [4.78, 5) is 7.32. The van der Waals surface area contributed by atoms with E-state index in [1.165, 1.54) is 215 Å². The third-order valence-corrected chi connectivity index (χ3v) is 32.0. The van der Waals surface area contributed by atoms with Gasteiger partial charge in [-0.25, -0.2) is 0 Å². The maximum Gasteiger partial charge on any atom is 0.0728 e. The molecular formula is C134H88N6S3. The lowest BCUT2D eigenvalue weighted by Crippen LogP contribution is -2.11. The number of anilines is 9. The summed E-state index contributed by atoms with van der Waals surface area (Å²) in [5.74, 6) is 0. The number of aromatic nitrogens is 3. The molecule has 0 unspecified atom stereocenters. The highest BCUT2D eigenvalue weighted by Crippen LogP contribution is 2.55.